The van der Waals surface area contributed by atoms with Crippen molar-refractivity contribution >= 4 is 23.5 Å². The molecule has 6 nitrogen and oxygen atoms in total. The molecule has 0 heterocycles. The average molecular weight is 354 g/mol. The summed E-state index contributed by atoms with van der Waals surface area (Å²) < 4.78 is 0. The van der Waals surface area contributed by atoms with Crippen LogP contribution in [-0.4, -0.2) is 28.4 Å². The van der Waals surface area contributed by atoms with E-state index in [2.05, 4.69) is 10.6 Å². The molecule has 0 atom stereocenters. The molecule has 6 heteroatoms. The summed E-state index contributed by atoms with van der Waals surface area (Å²) in [6.45, 7) is 5.63. The van der Waals surface area contributed by atoms with Crippen LogP contribution in [0.4, 0.5) is 5.69 Å². The standard InChI is InChI=1S/C20H22N2O4/c1-20(2,3)22-18(24)15-9-4-5-10-16(15)21-17(23)12-13-7-6-8-14(11-13)19(25)26/h4-11H,12H2,1-3H3,(H,21,23)(H,22,24)(H,25,26). The van der Waals surface area contributed by atoms with E-state index in [-0.39, 0.29) is 23.8 Å². The predicted molar refractivity (Wildman–Crippen MR) is 99.4 cm³/mol. The zero-order valence-electron chi connectivity index (χ0n) is 15.0. The highest BCUT2D eigenvalue weighted by atomic mass is 16.4. The van der Waals surface area contributed by atoms with E-state index >= 15 is 0 Å². The number of hydrogen-bond donors (Lipinski definition) is 3. The summed E-state index contributed by atoms with van der Waals surface area (Å²) in [4.78, 5) is 35.8. The Bertz CT molecular complexity index is 838. The third-order valence-corrected chi connectivity index (χ3v) is 3.47. The fourth-order valence-electron chi connectivity index (χ4n) is 2.39. The van der Waals surface area contributed by atoms with Gasteiger partial charge in [0.25, 0.3) is 5.91 Å². The maximum absolute atomic E-state index is 12.4. The molecule has 2 aromatic carbocycles. The van der Waals surface area contributed by atoms with Gasteiger partial charge in [-0.1, -0.05) is 24.3 Å². The van der Waals surface area contributed by atoms with Gasteiger partial charge >= 0.3 is 5.97 Å². The van der Waals surface area contributed by atoms with E-state index in [0.717, 1.165) is 0 Å². The highest BCUT2D eigenvalue weighted by Gasteiger charge is 2.18. The molecule has 26 heavy (non-hydrogen) atoms. The average Bonchev–Trinajstić information content (AvgIpc) is 2.53. The van der Waals surface area contributed by atoms with E-state index in [1.54, 1.807) is 36.4 Å². The Hall–Kier alpha value is -3.15. The number of para-hydroxylation sites is 1. The van der Waals surface area contributed by atoms with Gasteiger partial charge in [0.15, 0.2) is 0 Å². The molecule has 136 valence electrons. The van der Waals surface area contributed by atoms with Gasteiger partial charge in [-0.05, 0) is 50.6 Å². The van der Waals surface area contributed by atoms with E-state index in [4.69, 9.17) is 5.11 Å². The highest BCUT2D eigenvalue weighted by molar-refractivity contribution is 6.04. The zero-order chi connectivity index (χ0) is 19.3. The van der Waals surface area contributed by atoms with Crippen LogP contribution in [0.2, 0.25) is 0 Å². The molecule has 0 aliphatic carbocycles. The number of amides is 2. The van der Waals surface area contributed by atoms with Crippen molar-refractivity contribution in [3.05, 3.63) is 65.2 Å². The fourth-order valence-corrected chi connectivity index (χ4v) is 2.39. The second-order valence-electron chi connectivity index (χ2n) is 6.98. The van der Waals surface area contributed by atoms with Crippen molar-refractivity contribution < 1.29 is 19.5 Å². The van der Waals surface area contributed by atoms with Crippen LogP contribution in [0.25, 0.3) is 0 Å². The summed E-state index contributed by atoms with van der Waals surface area (Å²) in [6.07, 6.45) is 0.0103. The van der Waals surface area contributed by atoms with E-state index in [1.807, 2.05) is 20.8 Å². The van der Waals surface area contributed by atoms with Gasteiger partial charge in [-0.25, -0.2) is 4.79 Å². The van der Waals surface area contributed by atoms with Crippen molar-refractivity contribution in [2.75, 3.05) is 5.32 Å². The normalized spacial score (nSPS) is 10.9. The first kappa shape index (κ1) is 19.2. The Kier molecular flexibility index (Phi) is 5.77. The first-order valence-corrected chi connectivity index (χ1v) is 8.19. The maximum Gasteiger partial charge on any atom is 0.335 e. The topological polar surface area (TPSA) is 95.5 Å². The van der Waals surface area contributed by atoms with Crippen molar-refractivity contribution in [1.29, 1.82) is 0 Å². The van der Waals surface area contributed by atoms with E-state index in [0.29, 0.717) is 16.8 Å². The van der Waals surface area contributed by atoms with E-state index in [1.165, 1.54) is 12.1 Å². The van der Waals surface area contributed by atoms with Crippen molar-refractivity contribution in [3.8, 4) is 0 Å². The third-order valence-electron chi connectivity index (χ3n) is 3.47. The largest absolute Gasteiger partial charge is 0.478 e. The van der Waals surface area contributed by atoms with Gasteiger partial charge < -0.3 is 15.7 Å². The molecule has 0 unspecified atom stereocenters. The number of nitrogens with one attached hydrogen (secondary N) is 2. The lowest BCUT2D eigenvalue weighted by Crippen LogP contribution is -2.40. The molecule has 0 saturated carbocycles. The summed E-state index contributed by atoms with van der Waals surface area (Å²) >= 11 is 0. The summed E-state index contributed by atoms with van der Waals surface area (Å²) in [5.41, 5.74) is 1.09. The monoisotopic (exact) mass is 354 g/mol. The van der Waals surface area contributed by atoms with Gasteiger partial charge in [0, 0.05) is 5.54 Å². The quantitative estimate of drug-likeness (QED) is 0.769. The smallest absolute Gasteiger partial charge is 0.335 e. The van der Waals surface area contributed by atoms with Crippen LogP contribution in [0.1, 0.15) is 47.1 Å². The van der Waals surface area contributed by atoms with Gasteiger partial charge in [-0.2, -0.15) is 0 Å². The number of carbonyl (C=O) groups excluding carboxylic acids is 2. The van der Waals surface area contributed by atoms with Gasteiger partial charge in [0.2, 0.25) is 5.91 Å². The zero-order valence-corrected chi connectivity index (χ0v) is 15.0. The molecule has 2 amide bonds. The molecule has 2 aromatic rings. The number of aromatic carboxylic acids is 1. The lowest BCUT2D eigenvalue weighted by atomic mass is 10.1. The first-order chi connectivity index (χ1) is 12.2. The molecular formula is C20H22N2O4. The summed E-state index contributed by atoms with van der Waals surface area (Å²) in [6, 6.07) is 13.0. The van der Waals surface area contributed by atoms with Crippen LogP contribution >= 0.6 is 0 Å². The van der Waals surface area contributed by atoms with Crippen LogP contribution < -0.4 is 10.6 Å². The first-order valence-electron chi connectivity index (χ1n) is 8.19. The second kappa shape index (κ2) is 7.82. The van der Waals surface area contributed by atoms with Crippen molar-refractivity contribution in [3.63, 3.8) is 0 Å². The molecule has 3 N–H and O–H groups in total. The third kappa shape index (κ3) is 5.44. The Morgan fingerprint density at radius 3 is 2.35 bits per heavy atom. The van der Waals surface area contributed by atoms with Crippen molar-refractivity contribution in [2.24, 2.45) is 0 Å². The number of anilines is 1. The Morgan fingerprint density at radius 2 is 1.69 bits per heavy atom. The van der Waals surface area contributed by atoms with Gasteiger partial charge in [-0.15, -0.1) is 0 Å². The lowest BCUT2D eigenvalue weighted by molar-refractivity contribution is -0.115. The maximum atomic E-state index is 12.4. The summed E-state index contributed by atoms with van der Waals surface area (Å²) in [5, 5.41) is 14.6. The second-order valence-corrected chi connectivity index (χ2v) is 6.98. The molecule has 0 fully saturated rings. The molecule has 0 aliphatic heterocycles. The minimum Gasteiger partial charge on any atom is -0.478 e. The molecule has 0 aromatic heterocycles. The lowest BCUT2D eigenvalue weighted by Gasteiger charge is -2.21. The fraction of sp³-hybridized carbons (Fsp3) is 0.250. The molecule has 0 bridgehead atoms. The predicted octanol–water partition coefficient (Wildman–Crippen LogP) is 3.09. The van der Waals surface area contributed by atoms with Crippen molar-refractivity contribution in [2.45, 2.75) is 32.7 Å². The number of carboxylic acids is 1. The van der Waals surface area contributed by atoms with Crippen LogP contribution in [0.3, 0.4) is 0 Å². The van der Waals surface area contributed by atoms with Crippen LogP contribution in [-0.2, 0) is 11.2 Å². The molecule has 2 rings (SSSR count). The Labute approximate surface area is 152 Å². The van der Waals surface area contributed by atoms with E-state index in [9.17, 15) is 14.4 Å². The van der Waals surface area contributed by atoms with Gasteiger partial charge in [0.05, 0.1) is 23.2 Å². The van der Waals surface area contributed by atoms with Crippen molar-refractivity contribution in [1.82, 2.24) is 5.32 Å². The number of carboxylic acid groups (broad SMARTS) is 1. The molecule has 0 aliphatic rings. The molecule has 0 spiro atoms. The minimum absolute atomic E-state index is 0.0103. The number of benzene rings is 2. The Balaban J connectivity index is 2.13. The number of carbonyl (C=O) groups is 3. The van der Waals surface area contributed by atoms with Gasteiger partial charge in [-0.3, -0.25) is 9.59 Å². The van der Waals surface area contributed by atoms with Crippen LogP contribution in [0.5, 0.6) is 0 Å². The minimum atomic E-state index is -1.04. The number of rotatable bonds is 5. The number of hydrogen-bond acceptors (Lipinski definition) is 3. The Morgan fingerprint density at radius 1 is 1.00 bits per heavy atom. The van der Waals surface area contributed by atoms with E-state index < -0.39 is 11.5 Å². The molecular weight excluding hydrogens is 332 g/mol. The SMILES string of the molecule is CC(C)(C)NC(=O)c1ccccc1NC(=O)Cc1cccc(C(=O)O)c1. The molecule has 0 saturated heterocycles. The van der Waals surface area contributed by atoms with Gasteiger partial charge in [0.1, 0.15) is 0 Å². The van der Waals surface area contributed by atoms with Crippen LogP contribution in [0, 0.1) is 0 Å². The summed E-state index contributed by atoms with van der Waals surface area (Å²) in [7, 11) is 0. The summed E-state index contributed by atoms with van der Waals surface area (Å²) in [5.74, 6) is -1.65. The van der Waals surface area contributed by atoms with Crippen LogP contribution in [0.15, 0.2) is 48.5 Å². The molecule has 0 radical (unpaired) electrons. The highest BCUT2D eigenvalue weighted by Crippen LogP contribution is 2.17.